The molecule has 3 aromatic rings. The largest absolute Gasteiger partial charge is 0.493 e. The van der Waals surface area contributed by atoms with E-state index in [1.54, 1.807) is 21.3 Å². The number of thiazole rings is 1. The summed E-state index contributed by atoms with van der Waals surface area (Å²) in [6.45, 7) is 2.63. The Bertz CT molecular complexity index is 1130. The summed E-state index contributed by atoms with van der Waals surface area (Å²) in [4.78, 5) is 17.6. The van der Waals surface area contributed by atoms with Crippen molar-refractivity contribution < 1.29 is 19.0 Å². The number of methoxy groups -OCH3 is 3. The maximum atomic E-state index is 13.0. The van der Waals surface area contributed by atoms with Crippen LogP contribution >= 0.6 is 11.3 Å². The summed E-state index contributed by atoms with van der Waals surface area (Å²) in [6, 6.07) is 12.3. The summed E-state index contributed by atoms with van der Waals surface area (Å²) >= 11 is 1.53. The van der Waals surface area contributed by atoms with Gasteiger partial charge in [0.1, 0.15) is 5.69 Å². The van der Waals surface area contributed by atoms with Gasteiger partial charge in [0.05, 0.1) is 26.3 Å². The van der Waals surface area contributed by atoms with Crippen LogP contribution in [0.1, 0.15) is 57.9 Å². The molecule has 1 N–H and O–H groups in total. The Morgan fingerprint density at radius 2 is 1.74 bits per heavy atom. The van der Waals surface area contributed by atoms with Crippen LogP contribution in [0, 0.1) is 6.92 Å². The van der Waals surface area contributed by atoms with Gasteiger partial charge in [-0.05, 0) is 48.6 Å². The van der Waals surface area contributed by atoms with Gasteiger partial charge in [0.15, 0.2) is 11.5 Å². The van der Waals surface area contributed by atoms with Crippen LogP contribution in [0.3, 0.4) is 0 Å². The van der Waals surface area contributed by atoms with Crippen molar-refractivity contribution in [2.75, 3.05) is 27.9 Å². The van der Waals surface area contributed by atoms with Gasteiger partial charge in [-0.15, -0.1) is 11.3 Å². The fourth-order valence-electron chi connectivity index (χ4n) is 4.81. The Morgan fingerprint density at radius 3 is 2.35 bits per heavy atom. The molecule has 180 valence electrons. The fourth-order valence-corrected chi connectivity index (χ4v) is 5.61. The lowest BCUT2D eigenvalue weighted by atomic mass is 9.78. The molecule has 1 aliphatic carbocycles. The summed E-state index contributed by atoms with van der Waals surface area (Å²) in [5.41, 5.74) is 3.86. The van der Waals surface area contributed by atoms with Crippen LogP contribution in [-0.2, 0) is 11.8 Å². The molecule has 1 saturated carbocycles. The number of benzene rings is 2. The van der Waals surface area contributed by atoms with E-state index in [2.05, 4.69) is 29.4 Å². The van der Waals surface area contributed by atoms with Crippen molar-refractivity contribution >= 4 is 17.2 Å². The smallest absolute Gasteiger partial charge is 0.270 e. The van der Waals surface area contributed by atoms with Gasteiger partial charge in [0, 0.05) is 23.8 Å². The molecule has 1 heterocycles. The summed E-state index contributed by atoms with van der Waals surface area (Å²) in [5, 5.41) is 5.96. The van der Waals surface area contributed by atoms with Gasteiger partial charge in [-0.3, -0.25) is 4.79 Å². The zero-order chi connectivity index (χ0) is 24.1. The minimum absolute atomic E-state index is 0.133. The molecule has 0 atom stereocenters. The topological polar surface area (TPSA) is 69.7 Å². The molecular formula is C27H32N2O4S. The lowest BCUT2D eigenvalue weighted by Crippen LogP contribution is -2.39. The average molecular weight is 481 g/mol. The van der Waals surface area contributed by atoms with Gasteiger partial charge < -0.3 is 19.5 Å². The van der Waals surface area contributed by atoms with Crippen molar-refractivity contribution in [2.24, 2.45) is 0 Å². The van der Waals surface area contributed by atoms with Crippen LogP contribution in [0.2, 0.25) is 0 Å². The lowest BCUT2D eigenvalue weighted by molar-refractivity contribution is 0.0938. The van der Waals surface area contributed by atoms with E-state index >= 15 is 0 Å². The number of carbonyl (C=O) groups is 1. The third-order valence-electron chi connectivity index (χ3n) is 6.81. The molecule has 2 aromatic carbocycles. The summed E-state index contributed by atoms with van der Waals surface area (Å²) in [6.07, 6.45) is 4.94. The molecule has 0 aliphatic heterocycles. The number of ether oxygens (including phenoxy) is 3. The van der Waals surface area contributed by atoms with Crippen molar-refractivity contribution in [3.05, 3.63) is 69.2 Å². The molecule has 0 bridgehead atoms. The Balaban J connectivity index is 1.51. The predicted molar refractivity (Wildman–Crippen MR) is 135 cm³/mol. The monoisotopic (exact) mass is 480 g/mol. The number of aryl methyl sites for hydroxylation is 1. The van der Waals surface area contributed by atoms with E-state index in [9.17, 15) is 4.79 Å². The number of carbonyl (C=O) groups excluding carboxylic acids is 1. The Morgan fingerprint density at radius 1 is 1.06 bits per heavy atom. The number of hydrogen-bond acceptors (Lipinski definition) is 6. The highest BCUT2D eigenvalue weighted by Crippen LogP contribution is 2.47. The lowest BCUT2D eigenvalue weighted by Gasteiger charge is -2.31. The van der Waals surface area contributed by atoms with Crippen molar-refractivity contribution in [1.82, 2.24) is 10.3 Å². The van der Waals surface area contributed by atoms with Gasteiger partial charge in [-0.25, -0.2) is 4.98 Å². The zero-order valence-electron chi connectivity index (χ0n) is 20.3. The van der Waals surface area contributed by atoms with E-state index in [4.69, 9.17) is 14.2 Å². The Kier molecular flexibility index (Phi) is 7.41. The van der Waals surface area contributed by atoms with E-state index in [0.29, 0.717) is 29.5 Å². The molecule has 0 saturated heterocycles. The van der Waals surface area contributed by atoms with Crippen molar-refractivity contribution in [2.45, 2.75) is 44.4 Å². The molecule has 6 nitrogen and oxygen atoms in total. The molecule has 1 aromatic heterocycles. The van der Waals surface area contributed by atoms with Gasteiger partial charge in [0.2, 0.25) is 5.75 Å². The van der Waals surface area contributed by atoms with Crippen LogP contribution in [-0.4, -0.2) is 38.8 Å². The highest BCUT2D eigenvalue weighted by Gasteiger charge is 2.37. The molecule has 7 heteroatoms. The van der Waals surface area contributed by atoms with Gasteiger partial charge in [-0.1, -0.05) is 37.1 Å². The highest BCUT2D eigenvalue weighted by molar-refractivity contribution is 7.09. The predicted octanol–water partition coefficient (Wildman–Crippen LogP) is 5.31. The zero-order valence-corrected chi connectivity index (χ0v) is 21.1. The maximum Gasteiger partial charge on any atom is 0.270 e. The first-order chi connectivity index (χ1) is 16.5. The number of aromatic nitrogens is 1. The third kappa shape index (κ3) is 4.89. The van der Waals surface area contributed by atoms with E-state index in [0.717, 1.165) is 42.7 Å². The second-order valence-electron chi connectivity index (χ2n) is 8.81. The van der Waals surface area contributed by atoms with E-state index < -0.39 is 0 Å². The Labute approximate surface area is 205 Å². The van der Waals surface area contributed by atoms with Crippen LogP contribution in [0.25, 0.3) is 0 Å². The van der Waals surface area contributed by atoms with Crippen LogP contribution in [0.5, 0.6) is 17.2 Å². The van der Waals surface area contributed by atoms with E-state index in [1.165, 1.54) is 22.5 Å². The Hall–Kier alpha value is -3.06. The molecule has 1 fully saturated rings. The molecule has 0 unspecified atom stereocenters. The number of nitrogens with zero attached hydrogens (tertiary/aromatic N) is 1. The normalized spacial score (nSPS) is 14.6. The third-order valence-corrected chi connectivity index (χ3v) is 7.66. The number of nitrogens with one attached hydrogen (secondary N) is 1. The molecule has 4 rings (SSSR count). The summed E-state index contributed by atoms with van der Waals surface area (Å²) in [7, 11) is 4.86. The first-order valence-electron chi connectivity index (χ1n) is 11.6. The number of rotatable bonds is 9. The summed E-state index contributed by atoms with van der Waals surface area (Å²) in [5.74, 6) is 1.71. The first kappa shape index (κ1) is 24.1. The van der Waals surface area contributed by atoms with Gasteiger partial charge in [-0.2, -0.15) is 0 Å². The molecule has 0 spiro atoms. The minimum Gasteiger partial charge on any atom is -0.493 e. The molecular weight excluding hydrogens is 448 g/mol. The van der Waals surface area contributed by atoms with Crippen molar-refractivity contribution in [1.29, 1.82) is 0 Å². The first-order valence-corrected chi connectivity index (χ1v) is 12.4. The SMILES string of the molecule is COc1cc(C2(CNC(=O)c3csc(Cc4ccccc4C)n3)CCCC2)cc(OC)c1OC. The van der Waals surface area contributed by atoms with Crippen molar-refractivity contribution in [3.8, 4) is 17.2 Å². The standard InChI is InChI=1S/C27H32N2O4S/c1-18-9-5-6-10-19(18)13-24-29-21(16-34-24)26(30)28-17-27(11-7-8-12-27)20-14-22(31-2)25(33-4)23(15-20)32-3/h5-6,9-10,14-16H,7-8,11-13,17H2,1-4H3,(H,28,30). The maximum absolute atomic E-state index is 13.0. The molecule has 0 radical (unpaired) electrons. The fraction of sp³-hybridized carbons (Fsp3) is 0.407. The minimum atomic E-state index is -0.178. The molecule has 34 heavy (non-hydrogen) atoms. The quantitative estimate of drug-likeness (QED) is 0.449. The van der Waals surface area contributed by atoms with Gasteiger partial charge >= 0.3 is 0 Å². The summed E-state index contributed by atoms with van der Waals surface area (Å²) < 4.78 is 16.6. The van der Waals surface area contributed by atoms with Crippen LogP contribution in [0.4, 0.5) is 0 Å². The highest BCUT2D eigenvalue weighted by atomic mass is 32.1. The second-order valence-corrected chi connectivity index (χ2v) is 9.76. The number of amides is 1. The van der Waals surface area contributed by atoms with E-state index in [1.807, 2.05) is 29.6 Å². The van der Waals surface area contributed by atoms with Crippen molar-refractivity contribution in [3.63, 3.8) is 0 Å². The second kappa shape index (κ2) is 10.5. The van der Waals surface area contributed by atoms with Crippen LogP contribution < -0.4 is 19.5 Å². The average Bonchev–Trinajstić information content (AvgIpc) is 3.53. The molecule has 1 amide bonds. The van der Waals surface area contributed by atoms with Crippen LogP contribution in [0.15, 0.2) is 41.8 Å². The van der Waals surface area contributed by atoms with E-state index in [-0.39, 0.29) is 11.3 Å². The number of hydrogen-bond donors (Lipinski definition) is 1. The molecule has 1 aliphatic rings. The van der Waals surface area contributed by atoms with Gasteiger partial charge in [0.25, 0.3) is 5.91 Å².